The summed E-state index contributed by atoms with van der Waals surface area (Å²) < 4.78 is 1.08. The summed E-state index contributed by atoms with van der Waals surface area (Å²) in [7, 11) is 0. The van der Waals surface area contributed by atoms with E-state index in [4.69, 9.17) is 0 Å². The highest BCUT2D eigenvalue weighted by Gasteiger charge is 2.23. The lowest BCUT2D eigenvalue weighted by Crippen LogP contribution is -2.48. The zero-order valence-electron chi connectivity index (χ0n) is 11.3. The van der Waals surface area contributed by atoms with Crippen molar-refractivity contribution in [3.05, 3.63) is 34.3 Å². The number of rotatable bonds is 4. The Morgan fingerprint density at radius 2 is 2.16 bits per heavy atom. The molecule has 0 aliphatic carbocycles. The van der Waals surface area contributed by atoms with Crippen LogP contribution in [0.5, 0.6) is 0 Å². The average Bonchev–Trinajstić information content (AvgIpc) is 2.41. The van der Waals surface area contributed by atoms with Gasteiger partial charge in [0.2, 0.25) is 5.91 Å². The molecule has 2 unspecified atom stereocenters. The van der Waals surface area contributed by atoms with Crippen molar-refractivity contribution >= 4 is 21.8 Å². The number of amides is 1. The van der Waals surface area contributed by atoms with Gasteiger partial charge in [-0.1, -0.05) is 35.0 Å². The first-order chi connectivity index (χ1) is 9.15. The van der Waals surface area contributed by atoms with Gasteiger partial charge >= 0.3 is 0 Å². The Bertz CT molecular complexity index is 419. The second-order valence-corrected chi connectivity index (χ2v) is 6.22. The first-order valence-electron chi connectivity index (χ1n) is 6.90. The molecule has 0 radical (unpaired) electrons. The fourth-order valence-electron chi connectivity index (χ4n) is 2.41. The van der Waals surface area contributed by atoms with Crippen LogP contribution in [0.25, 0.3) is 0 Å². The molecule has 104 valence electrons. The van der Waals surface area contributed by atoms with Gasteiger partial charge in [-0.15, -0.1) is 0 Å². The lowest BCUT2D eigenvalue weighted by atomic mass is 9.94. The molecule has 0 saturated carbocycles. The van der Waals surface area contributed by atoms with E-state index in [1.807, 2.05) is 12.1 Å². The number of benzene rings is 1. The summed E-state index contributed by atoms with van der Waals surface area (Å²) in [4.78, 5) is 12.0. The molecule has 0 bridgehead atoms. The van der Waals surface area contributed by atoms with Crippen molar-refractivity contribution in [1.82, 2.24) is 10.6 Å². The molecule has 1 fully saturated rings. The molecule has 2 atom stereocenters. The van der Waals surface area contributed by atoms with Crippen LogP contribution in [0.3, 0.4) is 0 Å². The van der Waals surface area contributed by atoms with Crippen molar-refractivity contribution in [3.8, 4) is 0 Å². The van der Waals surface area contributed by atoms with Gasteiger partial charge in [-0.05, 0) is 49.4 Å². The predicted octanol–water partition coefficient (Wildman–Crippen LogP) is 2.50. The number of carbonyl (C=O) groups excluding carboxylic acids is 1. The Labute approximate surface area is 123 Å². The Balaban J connectivity index is 1.73. The molecule has 1 saturated heterocycles. The molecule has 2 rings (SSSR count). The Morgan fingerprint density at radius 3 is 2.84 bits per heavy atom. The third-order valence-electron chi connectivity index (χ3n) is 3.61. The third kappa shape index (κ3) is 4.62. The zero-order chi connectivity index (χ0) is 13.7. The molecule has 19 heavy (non-hydrogen) atoms. The van der Waals surface area contributed by atoms with E-state index in [1.165, 1.54) is 12.0 Å². The molecule has 0 spiro atoms. The van der Waals surface area contributed by atoms with E-state index in [2.05, 4.69) is 45.6 Å². The second kappa shape index (κ2) is 7.06. The van der Waals surface area contributed by atoms with Crippen LogP contribution in [0, 0.1) is 5.92 Å². The molecule has 1 aromatic rings. The summed E-state index contributed by atoms with van der Waals surface area (Å²) in [5, 5.41) is 6.31. The van der Waals surface area contributed by atoms with E-state index >= 15 is 0 Å². The predicted molar refractivity (Wildman–Crippen MR) is 81.0 cm³/mol. The van der Waals surface area contributed by atoms with Crippen LogP contribution in [-0.2, 0) is 11.2 Å². The lowest BCUT2D eigenvalue weighted by molar-refractivity contribution is -0.123. The molecular formula is C15H21BrN2O. The molecule has 0 aromatic heterocycles. The highest BCUT2D eigenvalue weighted by molar-refractivity contribution is 9.10. The van der Waals surface area contributed by atoms with Gasteiger partial charge in [0.15, 0.2) is 0 Å². The number of hydrogen-bond donors (Lipinski definition) is 2. The van der Waals surface area contributed by atoms with Gasteiger partial charge in [0.25, 0.3) is 0 Å². The standard InChI is InChI=1S/C15H21BrN2O/c1-11-6-8-17-14(10-11)15(19)18-9-7-12-2-4-13(16)5-3-12/h2-5,11,14,17H,6-10H2,1H3,(H,18,19). The van der Waals surface area contributed by atoms with Crippen molar-refractivity contribution in [2.75, 3.05) is 13.1 Å². The highest BCUT2D eigenvalue weighted by atomic mass is 79.9. The van der Waals surface area contributed by atoms with E-state index in [9.17, 15) is 4.79 Å². The van der Waals surface area contributed by atoms with Crippen LogP contribution in [0.4, 0.5) is 0 Å². The van der Waals surface area contributed by atoms with Gasteiger partial charge in [0.05, 0.1) is 6.04 Å². The maximum absolute atomic E-state index is 12.0. The minimum atomic E-state index is -0.00586. The van der Waals surface area contributed by atoms with Crippen LogP contribution in [0.15, 0.2) is 28.7 Å². The first kappa shape index (κ1) is 14.5. The summed E-state index contributed by atoms with van der Waals surface area (Å²) in [5.74, 6) is 0.784. The van der Waals surface area contributed by atoms with Crippen LogP contribution in [0.1, 0.15) is 25.3 Å². The molecule has 1 aliphatic rings. The number of halogens is 1. The Morgan fingerprint density at radius 1 is 1.42 bits per heavy atom. The normalized spacial score (nSPS) is 23.1. The molecule has 1 amide bonds. The molecule has 1 aliphatic heterocycles. The van der Waals surface area contributed by atoms with Crippen molar-refractivity contribution in [1.29, 1.82) is 0 Å². The highest BCUT2D eigenvalue weighted by Crippen LogP contribution is 2.15. The first-order valence-corrected chi connectivity index (χ1v) is 7.70. The molecule has 1 aromatic carbocycles. The maximum Gasteiger partial charge on any atom is 0.237 e. The number of piperidine rings is 1. The molecule has 3 nitrogen and oxygen atoms in total. The van der Waals surface area contributed by atoms with Gasteiger partial charge < -0.3 is 10.6 Å². The van der Waals surface area contributed by atoms with Crippen molar-refractivity contribution in [2.45, 2.75) is 32.2 Å². The summed E-state index contributed by atoms with van der Waals surface area (Å²) in [6.45, 7) is 3.86. The van der Waals surface area contributed by atoms with Crippen LogP contribution >= 0.6 is 15.9 Å². The van der Waals surface area contributed by atoms with Crippen molar-refractivity contribution in [2.24, 2.45) is 5.92 Å². The molecule has 4 heteroatoms. The van der Waals surface area contributed by atoms with E-state index in [0.29, 0.717) is 12.5 Å². The number of carbonyl (C=O) groups is 1. The lowest BCUT2D eigenvalue weighted by Gasteiger charge is -2.27. The number of nitrogens with one attached hydrogen (secondary N) is 2. The third-order valence-corrected chi connectivity index (χ3v) is 4.14. The van der Waals surface area contributed by atoms with Gasteiger partial charge in [0, 0.05) is 11.0 Å². The van der Waals surface area contributed by atoms with E-state index < -0.39 is 0 Å². The zero-order valence-corrected chi connectivity index (χ0v) is 12.9. The van der Waals surface area contributed by atoms with Crippen molar-refractivity contribution in [3.63, 3.8) is 0 Å². The topological polar surface area (TPSA) is 41.1 Å². The minimum Gasteiger partial charge on any atom is -0.354 e. The van der Waals surface area contributed by atoms with Crippen LogP contribution in [0.2, 0.25) is 0 Å². The van der Waals surface area contributed by atoms with Crippen molar-refractivity contribution < 1.29 is 4.79 Å². The molecular weight excluding hydrogens is 304 g/mol. The second-order valence-electron chi connectivity index (χ2n) is 5.30. The molecule has 1 heterocycles. The summed E-state index contributed by atoms with van der Waals surface area (Å²) >= 11 is 3.42. The van der Waals surface area contributed by atoms with Gasteiger partial charge in [0.1, 0.15) is 0 Å². The average molecular weight is 325 g/mol. The largest absolute Gasteiger partial charge is 0.354 e. The maximum atomic E-state index is 12.0. The van der Waals surface area contributed by atoms with Crippen LogP contribution in [-0.4, -0.2) is 25.0 Å². The summed E-state index contributed by atoms with van der Waals surface area (Å²) in [5.41, 5.74) is 1.24. The quantitative estimate of drug-likeness (QED) is 0.893. The van der Waals surface area contributed by atoms with Crippen LogP contribution < -0.4 is 10.6 Å². The minimum absolute atomic E-state index is 0.00586. The monoisotopic (exact) mass is 324 g/mol. The smallest absolute Gasteiger partial charge is 0.237 e. The fourth-order valence-corrected chi connectivity index (χ4v) is 2.68. The summed E-state index contributed by atoms with van der Waals surface area (Å²) in [6, 6.07) is 8.21. The Hall–Kier alpha value is -0.870. The Kier molecular flexibility index (Phi) is 5.40. The number of hydrogen-bond acceptors (Lipinski definition) is 2. The summed E-state index contributed by atoms with van der Waals surface area (Å²) in [6.07, 6.45) is 2.99. The van der Waals surface area contributed by atoms with Gasteiger partial charge in [-0.25, -0.2) is 0 Å². The van der Waals surface area contributed by atoms with E-state index in [-0.39, 0.29) is 11.9 Å². The van der Waals surface area contributed by atoms with E-state index in [0.717, 1.165) is 23.9 Å². The van der Waals surface area contributed by atoms with Gasteiger partial charge in [-0.2, -0.15) is 0 Å². The molecule has 2 N–H and O–H groups in total. The van der Waals surface area contributed by atoms with E-state index in [1.54, 1.807) is 0 Å². The SMILES string of the molecule is CC1CCNC(C(=O)NCCc2ccc(Br)cc2)C1. The van der Waals surface area contributed by atoms with Gasteiger partial charge in [-0.3, -0.25) is 4.79 Å². The fraction of sp³-hybridized carbons (Fsp3) is 0.533.